The molecule has 0 saturated heterocycles. The summed E-state index contributed by atoms with van der Waals surface area (Å²) in [6.45, 7) is 21.6. The van der Waals surface area contributed by atoms with Crippen molar-refractivity contribution in [2.45, 2.75) is 97.1 Å². The number of rotatable bonds is 8. The Balaban J connectivity index is 0.000000346. The van der Waals surface area contributed by atoms with Crippen LogP contribution in [0.1, 0.15) is 80.4 Å². The van der Waals surface area contributed by atoms with E-state index in [-0.39, 0.29) is 28.8 Å². The van der Waals surface area contributed by atoms with Gasteiger partial charge in [-0.25, -0.2) is 0 Å². The Bertz CT molecular complexity index is 851. The molecule has 0 fully saturated rings. The first-order valence-corrected chi connectivity index (χ1v) is 13.9. The average molecular weight is 497 g/mol. The van der Waals surface area contributed by atoms with Gasteiger partial charge >= 0.3 is 5.97 Å². The van der Waals surface area contributed by atoms with E-state index >= 15 is 0 Å². The highest BCUT2D eigenvalue weighted by Crippen LogP contribution is 2.29. The summed E-state index contributed by atoms with van der Waals surface area (Å²) < 4.78 is 18.3. The molecule has 1 N–H and O–H groups in total. The Hall–Kier alpha value is -1.76. The van der Waals surface area contributed by atoms with E-state index in [1.54, 1.807) is 10.9 Å². The minimum atomic E-state index is -0.644. The Kier molecular flexibility index (Phi) is 10.3. The summed E-state index contributed by atoms with van der Waals surface area (Å²) in [5.41, 5.74) is 1.53. The lowest BCUT2D eigenvalue weighted by Gasteiger charge is -2.29. The quantitative estimate of drug-likeness (QED) is 0.444. The number of aromatic amines is 1. The molecule has 0 aliphatic rings. The predicted octanol–water partition coefficient (Wildman–Crippen LogP) is 3.57. The molecule has 0 amide bonds. The fourth-order valence-electron chi connectivity index (χ4n) is 2.50. The Morgan fingerprint density at radius 1 is 0.909 bits per heavy atom. The van der Waals surface area contributed by atoms with Crippen molar-refractivity contribution < 1.29 is 18.4 Å². The van der Waals surface area contributed by atoms with E-state index in [1.807, 2.05) is 32.4 Å². The summed E-state index contributed by atoms with van der Waals surface area (Å²) >= 11 is 0. The zero-order chi connectivity index (χ0) is 25.5. The molecule has 2 rings (SSSR count). The number of H-pyrrole nitrogens is 1. The van der Waals surface area contributed by atoms with Crippen molar-refractivity contribution in [2.24, 2.45) is 0 Å². The SMILES string of the molecule is CC(C)(C)[SiH2]OC(C)(C)c1cn[nH]c1.COC(=O)Cn1cc(C(C)(C)O[SiH2]C(C)(C)C)cn1. The van der Waals surface area contributed by atoms with Gasteiger partial charge in [-0.1, -0.05) is 41.5 Å². The first-order valence-electron chi connectivity index (χ1n) is 11.3. The highest BCUT2D eigenvalue weighted by molar-refractivity contribution is 6.32. The topological polar surface area (TPSA) is 91.3 Å². The monoisotopic (exact) mass is 496 g/mol. The highest BCUT2D eigenvalue weighted by atomic mass is 28.2. The first-order chi connectivity index (χ1) is 15.0. The zero-order valence-corrected chi connectivity index (χ0v) is 25.2. The largest absolute Gasteiger partial charge is 0.468 e. The predicted molar refractivity (Wildman–Crippen MR) is 138 cm³/mol. The van der Waals surface area contributed by atoms with Crippen molar-refractivity contribution in [1.82, 2.24) is 20.0 Å². The molecule has 0 aromatic carbocycles. The zero-order valence-electron chi connectivity index (χ0n) is 22.4. The smallest absolute Gasteiger partial charge is 0.327 e. The molecule has 0 atom stereocenters. The molecular weight excluding hydrogens is 452 g/mol. The van der Waals surface area contributed by atoms with Crippen molar-refractivity contribution in [1.29, 1.82) is 0 Å². The summed E-state index contributed by atoms with van der Waals surface area (Å²) in [7, 11) is 0.207. The number of hydrogen-bond acceptors (Lipinski definition) is 6. The molecule has 188 valence electrons. The summed E-state index contributed by atoms with van der Waals surface area (Å²) in [6.07, 6.45) is 7.32. The number of esters is 1. The lowest BCUT2D eigenvalue weighted by Crippen LogP contribution is -2.27. The van der Waals surface area contributed by atoms with Gasteiger partial charge in [0.25, 0.3) is 0 Å². The summed E-state index contributed by atoms with van der Waals surface area (Å²) in [5, 5.41) is 11.5. The Morgan fingerprint density at radius 3 is 1.85 bits per heavy atom. The van der Waals surface area contributed by atoms with Gasteiger partial charge in [0.2, 0.25) is 0 Å². The maximum atomic E-state index is 11.2. The highest BCUT2D eigenvalue weighted by Gasteiger charge is 2.26. The summed E-state index contributed by atoms with van der Waals surface area (Å²) in [4.78, 5) is 11.2. The number of methoxy groups -OCH3 is 1. The maximum absolute atomic E-state index is 11.2. The van der Waals surface area contributed by atoms with Crippen LogP contribution >= 0.6 is 0 Å². The van der Waals surface area contributed by atoms with Gasteiger partial charge in [0, 0.05) is 23.5 Å². The van der Waals surface area contributed by atoms with Crippen LogP contribution in [-0.2, 0) is 36.1 Å². The van der Waals surface area contributed by atoms with E-state index in [0.717, 1.165) is 11.1 Å². The fraction of sp³-hybridized carbons (Fsp3) is 0.696. The van der Waals surface area contributed by atoms with Gasteiger partial charge < -0.3 is 13.6 Å². The second-order valence-electron chi connectivity index (χ2n) is 11.7. The van der Waals surface area contributed by atoms with Crippen LogP contribution in [0.3, 0.4) is 0 Å². The molecule has 0 radical (unpaired) electrons. The van der Waals surface area contributed by atoms with E-state index < -0.39 is 19.5 Å². The van der Waals surface area contributed by atoms with Crippen molar-refractivity contribution in [3.8, 4) is 0 Å². The number of carbonyl (C=O) groups excluding carboxylic acids is 1. The van der Waals surface area contributed by atoms with Crippen LogP contribution in [0.15, 0.2) is 24.8 Å². The fourth-order valence-corrected chi connectivity index (χ4v) is 4.42. The minimum absolute atomic E-state index is 0.128. The third-order valence-corrected chi connectivity index (χ3v) is 8.24. The number of nitrogens with zero attached hydrogens (tertiary/aromatic N) is 3. The van der Waals surface area contributed by atoms with E-state index in [2.05, 4.69) is 75.4 Å². The lowest BCUT2D eigenvalue weighted by molar-refractivity contribution is -0.141. The van der Waals surface area contributed by atoms with Crippen LogP contribution < -0.4 is 0 Å². The molecule has 0 unspecified atom stereocenters. The van der Waals surface area contributed by atoms with Gasteiger partial charge in [0.1, 0.15) is 6.54 Å². The van der Waals surface area contributed by atoms with Crippen LogP contribution in [0.25, 0.3) is 0 Å². The van der Waals surface area contributed by atoms with Crippen LogP contribution in [-0.4, -0.2) is 52.6 Å². The number of carbonyl (C=O) groups is 1. The van der Waals surface area contributed by atoms with Gasteiger partial charge in [-0.2, -0.15) is 10.2 Å². The van der Waals surface area contributed by atoms with E-state index in [9.17, 15) is 4.79 Å². The van der Waals surface area contributed by atoms with Crippen molar-refractivity contribution >= 4 is 25.5 Å². The van der Waals surface area contributed by atoms with Crippen molar-refractivity contribution in [2.75, 3.05) is 7.11 Å². The molecule has 0 aliphatic heterocycles. The number of ether oxygens (including phenoxy) is 1. The van der Waals surface area contributed by atoms with Gasteiger partial charge in [0.05, 0.1) is 30.7 Å². The Morgan fingerprint density at radius 2 is 1.42 bits per heavy atom. The summed E-state index contributed by atoms with van der Waals surface area (Å²) in [5.74, 6) is -0.308. The molecule has 2 heterocycles. The standard InChI is InChI=1S/C13H24N2O3Si.C10H20N2OSi/c1-12(2,3)19-18-13(4,5)10-7-14-15(8-10)9-11(16)17-6;1-9(2,3)14-13-10(4,5)8-6-11-12-7-8/h7-8H,9,19H2,1-6H3;6-7H,14H2,1-5H3,(H,11,12). The number of hydrogen-bond donors (Lipinski definition) is 1. The molecular formula is C23H44N4O4Si2. The van der Waals surface area contributed by atoms with E-state index in [1.165, 1.54) is 7.11 Å². The van der Waals surface area contributed by atoms with E-state index in [0.29, 0.717) is 5.04 Å². The molecule has 33 heavy (non-hydrogen) atoms. The number of aromatic nitrogens is 4. The van der Waals surface area contributed by atoms with Crippen LogP contribution in [0.2, 0.25) is 10.1 Å². The molecule has 2 aromatic heterocycles. The van der Waals surface area contributed by atoms with E-state index in [4.69, 9.17) is 8.85 Å². The second-order valence-corrected chi connectivity index (χ2v) is 17.1. The Labute approximate surface area is 204 Å². The van der Waals surface area contributed by atoms with Gasteiger partial charge in [0.15, 0.2) is 19.5 Å². The summed E-state index contributed by atoms with van der Waals surface area (Å²) in [6, 6.07) is 0. The molecule has 10 heteroatoms. The molecule has 0 aliphatic carbocycles. The second kappa shape index (κ2) is 11.6. The molecule has 0 saturated carbocycles. The first kappa shape index (κ1) is 29.3. The van der Waals surface area contributed by atoms with Crippen LogP contribution in [0.5, 0.6) is 0 Å². The molecule has 0 bridgehead atoms. The van der Waals surface area contributed by atoms with Gasteiger partial charge in [-0.3, -0.25) is 14.6 Å². The molecule has 2 aromatic rings. The minimum Gasteiger partial charge on any atom is -0.468 e. The third kappa shape index (κ3) is 11.3. The molecule has 8 nitrogen and oxygen atoms in total. The average Bonchev–Trinajstić information content (AvgIpc) is 3.37. The van der Waals surface area contributed by atoms with Crippen molar-refractivity contribution in [3.05, 3.63) is 35.9 Å². The van der Waals surface area contributed by atoms with Gasteiger partial charge in [-0.05, 0) is 37.8 Å². The van der Waals surface area contributed by atoms with Crippen molar-refractivity contribution in [3.63, 3.8) is 0 Å². The third-order valence-electron chi connectivity index (χ3n) is 4.77. The maximum Gasteiger partial charge on any atom is 0.327 e. The normalized spacial score (nSPS) is 13.5. The molecule has 0 spiro atoms. The lowest BCUT2D eigenvalue weighted by atomic mass is 10.0. The number of nitrogens with one attached hydrogen (secondary N) is 1. The van der Waals surface area contributed by atoms with Crippen LogP contribution in [0, 0.1) is 0 Å². The van der Waals surface area contributed by atoms with Crippen LogP contribution in [0.4, 0.5) is 0 Å². The van der Waals surface area contributed by atoms with Gasteiger partial charge in [-0.15, -0.1) is 0 Å².